The maximum absolute atomic E-state index is 12.1. The molecule has 8 nitrogen and oxygen atoms in total. The van der Waals surface area contributed by atoms with Gasteiger partial charge in [0.1, 0.15) is 4.90 Å². The van der Waals surface area contributed by atoms with E-state index >= 15 is 0 Å². The molecule has 2 aromatic rings. The predicted molar refractivity (Wildman–Crippen MR) is 76.0 cm³/mol. The molecule has 0 bridgehead atoms. The molecule has 21 heavy (non-hydrogen) atoms. The molecule has 0 aromatic carbocycles. The minimum absolute atomic E-state index is 0.0459. The van der Waals surface area contributed by atoms with Crippen molar-refractivity contribution < 1.29 is 13.5 Å². The van der Waals surface area contributed by atoms with Gasteiger partial charge in [-0.25, -0.2) is 13.1 Å². The Balaban J connectivity index is 1.90. The van der Waals surface area contributed by atoms with E-state index in [0.717, 1.165) is 5.69 Å². The smallest absolute Gasteiger partial charge is 0.243 e. The fourth-order valence-electron chi connectivity index (χ4n) is 1.83. The SMILES string of the molecule is Cn1ccc(CCNS(=O)(=O)c2cnn(CCCO)c2)n1. The first kappa shape index (κ1) is 15.7. The third-order valence-electron chi connectivity index (χ3n) is 2.91. The van der Waals surface area contributed by atoms with Gasteiger partial charge in [0.15, 0.2) is 0 Å². The molecule has 0 aliphatic rings. The van der Waals surface area contributed by atoms with Crippen LogP contribution in [0.1, 0.15) is 12.1 Å². The summed E-state index contributed by atoms with van der Waals surface area (Å²) in [7, 11) is -1.74. The molecule has 0 saturated heterocycles. The second kappa shape index (κ2) is 6.83. The van der Waals surface area contributed by atoms with E-state index in [9.17, 15) is 8.42 Å². The number of aryl methyl sites for hydroxylation is 2. The van der Waals surface area contributed by atoms with E-state index in [2.05, 4.69) is 14.9 Å². The molecule has 116 valence electrons. The van der Waals surface area contributed by atoms with Crippen LogP contribution in [-0.2, 0) is 30.0 Å². The van der Waals surface area contributed by atoms with Crippen molar-refractivity contribution in [2.24, 2.45) is 7.05 Å². The molecule has 0 unspecified atom stereocenters. The number of nitrogens with one attached hydrogen (secondary N) is 1. The van der Waals surface area contributed by atoms with Gasteiger partial charge >= 0.3 is 0 Å². The van der Waals surface area contributed by atoms with Crippen molar-refractivity contribution in [3.8, 4) is 0 Å². The summed E-state index contributed by atoms with van der Waals surface area (Å²) in [6.45, 7) is 0.811. The van der Waals surface area contributed by atoms with Crippen molar-refractivity contribution in [2.75, 3.05) is 13.2 Å². The van der Waals surface area contributed by atoms with Gasteiger partial charge < -0.3 is 5.11 Å². The monoisotopic (exact) mass is 313 g/mol. The molecular weight excluding hydrogens is 294 g/mol. The molecule has 0 spiro atoms. The van der Waals surface area contributed by atoms with E-state index in [1.54, 1.807) is 4.68 Å². The summed E-state index contributed by atoms with van der Waals surface area (Å²) in [5.41, 5.74) is 0.832. The maximum atomic E-state index is 12.1. The summed E-state index contributed by atoms with van der Waals surface area (Å²) in [6.07, 6.45) is 5.64. The lowest BCUT2D eigenvalue weighted by molar-refractivity contribution is 0.277. The molecule has 0 saturated carbocycles. The number of aromatic nitrogens is 4. The molecule has 0 aliphatic heterocycles. The topological polar surface area (TPSA) is 102 Å². The lowest BCUT2D eigenvalue weighted by atomic mass is 10.3. The van der Waals surface area contributed by atoms with E-state index in [0.29, 0.717) is 19.4 Å². The zero-order valence-corrected chi connectivity index (χ0v) is 12.6. The zero-order valence-electron chi connectivity index (χ0n) is 11.8. The highest BCUT2D eigenvalue weighted by Crippen LogP contribution is 2.07. The van der Waals surface area contributed by atoms with Crippen LogP contribution in [0.5, 0.6) is 0 Å². The average Bonchev–Trinajstić information content (AvgIpc) is 3.06. The van der Waals surface area contributed by atoms with Crippen LogP contribution in [0, 0.1) is 0 Å². The van der Waals surface area contributed by atoms with Gasteiger partial charge in [0.25, 0.3) is 0 Å². The lowest BCUT2D eigenvalue weighted by Crippen LogP contribution is -2.25. The zero-order chi connectivity index (χ0) is 15.3. The molecule has 2 aromatic heterocycles. The fourth-order valence-corrected chi connectivity index (χ4v) is 2.82. The molecule has 9 heteroatoms. The highest BCUT2D eigenvalue weighted by atomic mass is 32.2. The normalized spacial score (nSPS) is 11.9. The summed E-state index contributed by atoms with van der Waals surface area (Å²) >= 11 is 0. The Labute approximate surface area is 123 Å². The van der Waals surface area contributed by atoms with Crippen LogP contribution in [0.25, 0.3) is 0 Å². The maximum Gasteiger partial charge on any atom is 0.243 e. The highest BCUT2D eigenvalue weighted by Gasteiger charge is 2.16. The third kappa shape index (κ3) is 4.38. The van der Waals surface area contributed by atoms with Gasteiger partial charge in [-0.3, -0.25) is 9.36 Å². The van der Waals surface area contributed by atoms with Crippen molar-refractivity contribution in [3.63, 3.8) is 0 Å². The van der Waals surface area contributed by atoms with Gasteiger partial charge in [-0.05, 0) is 12.5 Å². The number of aliphatic hydroxyl groups excluding tert-OH is 1. The Morgan fingerprint density at radius 3 is 2.90 bits per heavy atom. The average molecular weight is 313 g/mol. The minimum atomic E-state index is -3.56. The first-order valence-corrected chi connectivity index (χ1v) is 8.11. The predicted octanol–water partition coefficient (Wildman–Crippen LogP) is -0.480. The standard InChI is InChI=1S/C12H19N5O3S/c1-16-7-4-11(15-16)3-5-14-21(19,20)12-9-13-17(10-12)6-2-8-18/h4,7,9-10,14,18H,2-3,5-6,8H2,1H3. The molecule has 0 aliphatic carbocycles. The number of aliphatic hydroxyl groups is 1. The largest absolute Gasteiger partial charge is 0.396 e. The number of hydrogen-bond donors (Lipinski definition) is 2. The summed E-state index contributed by atoms with van der Waals surface area (Å²) in [5.74, 6) is 0. The Morgan fingerprint density at radius 2 is 2.24 bits per heavy atom. The molecule has 2 N–H and O–H groups in total. The van der Waals surface area contributed by atoms with Crippen LogP contribution >= 0.6 is 0 Å². The summed E-state index contributed by atoms with van der Waals surface area (Å²) in [4.78, 5) is 0.126. The molecule has 0 radical (unpaired) electrons. The van der Waals surface area contributed by atoms with E-state index in [-0.39, 0.29) is 18.0 Å². The molecule has 2 rings (SSSR count). The van der Waals surface area contributed by atoms with Crippen LogP contribution in [-0.4, -0.2) is 46.2 Å². The van der Waals surface area contributed by atoms with E-state index < -0.39 is 10.0 Å². The van der Waals surface area contributed by atoms with Crippen molar-refractivity contribution in [1.82, 2.24) is 24.3 Å². The summed E-state index contributed by atoms with van der Waals surface area (Å²) < 4.78 is 29.9. The van der Waals surface area contributed by atoms with Crippen LogP contribution < -0.4 is 4.72 Å². The van der Waals surface area contributed by atoms with Gasteiger partial charge in [-0.15, -0.1) is 0 Å². The lowest BCUT2D eigenvalue weighted by Gasteiger charge is -2.03. The van der Waals surface area contributed by atoms with Gasteiger partial charge in [0.2, 0.25) is 10.0 Å². The quantitative estimate of drug-likeness (QED) is 0.685. The van der Waals surface area contributed by atoms with E-state index in [1.807, 2.05) is 19.3 Å². The number of sulfonamides is 1. The Hall–Kier alpha value is -1.71. The Bertz CT molecular complexity index is 677. The fraction of sp³-hybridized carbons (Fsp3) is 0.500. The highest BCUT2D eigenvalue weighted by molar-refractivity contribution is 7.89. The minimum Gasteiger partial charge on any atom is -0.396 e. The van der Waals surface area contributed by atoms with E-state index in [1.165, 1.54) is 17.1 Å². The van der Waals surface area contributed by atoms with Crippen LogP contribution in [0.2, 0.25) is 0 Å². The second-order valence-electron chi connectivity index (χ2n) is 4.64. The van der Waals surface area contributed by atoms with Crippen molar-refractivity contribution in [1.29, 1.82) is 0 Å². The Morgan fingerprint density at radius 1 is 1.43 bits per heavy atom. The van der Waals surface area contributed by atoms with Crippen LogP contribution in [0.4, 0.5) is 0 Å². The van der Waals surface area contributed by atoms with Crippen LogP contribution in [0.3, 0.4) is 0 Å². The summed E-state index contributed by atoms with van der Waals surface area (Å²) in [5, 5.41) is 16.9. The van der Waals surface area contributed by atoms with Crippen molar-refractivity contribution >= 4 is 10.0 Å². The molecule has 0 amide bonds. The number of nitrogens with zero attached hydrogens (tertiary/aromatic N) is 4. The van der Waals surface area contributed by atoms with E-state index in [4.69, 9.17) is 5.11 Å². The number of rotatable bonds is 8. The molecule has 0 fully saturated rings. The molecule has 0 atom stereocenters. The first-order valence-electron chi connectivity index (χ1n) is 6.63. The van der Waals surface area contributed by atoms with Gasteiger partial charge in [0, 0.05) is 45.6 Å². The van der Waals surface area contributed by atoms with Gasteiger partial charge in [0.05, 0.1) is 11.9 Å². The van der Waals surface area contributed by atoms with Gasteiger partial charge in [-0.2, -0.15) is 10.2 Å². The number of hydrogen-bond acceptors (Lipinski definition) is 5. The first-order chi connectivity index (χ1) is 10.0. The third-order valence-corrected chi connectivity index (χ3v) is 4.32. The molecule has 2 heterocycles. The van der Waals surface area contributed by atoms with Crippen LogP contribution in [0.15, 0.2) is 29.6 Å². The summed E-state index contributed by atoms with van der Waals surface area (Å²) in [6, 6.07) is 1.85. The van der Waals surface area contributed by atoms with Gasteiger partial charge in [-0.1, -0.05) is 0 Å². The second-order valence-corrected chi connectivity index (χ2v) is 6.41. The Kier molecular flexibility index (Phi) is 5.10. The van der Waals surface area contributed by atoms with Crippen molar-refractivity contribution in [2.45, 2.75) is 24.3 Å². The molecular formula is C12H19N5O3S. The van der Waals surface area contributed by atoms with Crippen molar-refractivity contribution in [3.05, 3.63) is 30.4 Å².